The second-order valence-corrected chi connectivity index (χ2v) is 8.23. The molecule has 1 heteroatoms. The van der Waals surface area contributed by atoms with E-state index in [4.69, 9.17) is 0 Å². The Kier molecular flexibility index (Phi) is 4.48. The monoisotopic (exact) mass is 290 g/mol. The molecule has 0 N–H and O–H groups in total. The average molecular weight is 290 g/mol. The van der Waals surface area contributed by atoms with Gasteiger partial charge in [0.05, 0.1) is 0 Å². The third kappa shape index (κ3) is 2.49. The van der Waals surface area contributed by atoms with Gasteiger partial charge in [0.15, 0.2) is 0 Å². The normalized spacial score (nSPS) is 48.5. The van der Waals surface area contributed by atoms with E-state index in [9.17, 15) is 4.79 Å². The standard InChI is InChI=1S/C18H28O.C2H6/c1-18-10-9-14(19)11-13(18)6-7-16-15-4-2-3-12(15)5-8-17(16)18;1-2/h12-13,15-17H,2-11H2,1H3;1-2H3/t12?,13-,15+,16?,17-,18?;/m0./s1. The van der Waals surface area contributed by atoms with Crippen LogP contribution in [0, 0.1) is 35.0 Å². The average Bonchev–Trinajstić information content (AvgIpc) is 2.99. The fraction of sp³-hybridized carbons (Fsp3) is 0.950. The van der Waals surface area contributed by atoms with E-state index in [2.05, 4.69) is 6.92 Å². The smallest absolute Gasteiger partial charge is 0.133 e. The summed E-state index contributed by atoms with van der Waals surface area (Å²) in [5.74, 6) is 5.40. The van der Waals surface area contributed by atoms with E-state index in [1.54, 1.807) is 0 Å². The highest BCUT2D eigenvalue weighted by Gasteiger charge is 2.54. The third-order valence-corrected chi connectivity index (χ3v) is 7.68. The minimum Gasteiger partial charge on any atom is -0.300 e. The van der Waals surface area contributed by atoms with Crippen molar-refractivity contribution in [3.63, 3.8) is 0 Å². The molecule has 0 spiro atoms. The molecule has 120 valence electrons. The molecule has 1 nitrogen and oxygen atoms in total. The first kappa shape index (κ1) is 15.6. The molecule has 0 heterocycles. The number of carbonyl (C=O) groups excluding carboxylic acids is 1. The molecule has 4 rings (SSSR count). The Morgan fingerprint density at radius 1 is 0.952 bits per heavy atom. The van der Waals surface area contributed by atoms with Gasteiger partial charge in [-0.2, -0.15) is 0 Å². The molecule has 4 aliphatic rings. The van der Waals surface area contributed by atoms with Crippen molar-refractivity contribution in [2.45, 2.75) is 85.0 Å². The van der Waals surface area contributed by atoms with Gasteiger partial charge in [-0.25, -0.2) is 0 Å². The Morgan fingerprint density at radius 2 is 1.76 bits per heavy atom. The van der Waals surface area contributed by atoms with Crippen LogP contribution in [0.5, 0.6) is 0 Å². The van der Waals surface area contributed by atoms with Crippen molar-refractivity contribution >= 4 is 5.78 Å². The lowest BCUT2D eigenvalue weighted by Crippen LogP contribution is -2.51. The maximum Gasteiger partial charge on any atom is 0.133 e. The minimum absolute atomic E-state index is 0.518. The molecular formula is C20H34O. The van der Waals surface area contributed by atoms with Gasteiger partial charge >= 0.3 is 0 Å². The number of hydrogen-bond acceptors (Lipinski definition) is 1. The minimum atomic E-state index is 0.518. The summed E-state index contributed by atoms with van der Waals surface area (Å²) in [6.45, 7) is 6.55. The van der Waals surface area contributed by atoms with Crippen LogP contribution in [0.1, 0.15) is 85.0 Å². The van der Waals surface area contributed by atoms with Gasteiger partial charge in [0.1, 0.15) is 5.78 Å². The molecule has 0 saturated heterocycles. The summed E-state index contributed by atoms with van der Waals surface area (Å²) in [4.78, 5) is 11.8. The fourth-order valence-electron chi connectivity index (χ4n) is 6.66. The number of ketones is 1. The predicted octanol–water partition coefficient (Wildman–Crippen LogP) is 5.62. The fourth-order valence-corrected chi connectivity index (χ4v) is 6.66. The molecule has 4 aliphatic carbocycles. The lowest BCUT2D eigenvalue weighted by atomic mass is 9.47. The van der Waals surface area contributed by atoms with Crippen LogP contribution >= 0.6 is 0 Å². The molecule has 0 amide bonds. The van der Waals surface area contributed by atoms with E-state index < -0.39 is 0 Å². The quantitative estimate of drug-likeness (QED) is 0.565. The number of Topliss-reactive ketones (excluding diaryl/α,β-unsaturated/α-hetero) is 1. The first-order chi connectivity index (χ1) is 10.2. The van der Waals surface area contributed by atoms with Crippen molar-refractivity contribution in [2.24, 2.45) is 35.0 Å². The summed E-state index contributed by atoms with van der Waals surface area (Å²) in [5.41, 5.74) is 0.518. The highest BCUT2D eigenvalue weighted by atomic mass is 16.1. The lowest BCUT2D eigenvalue weighted by Gasteiger charge is -2.57. The SMILES string of the molecule is CC.CC12CCC(=O)C[C@@H]1CCC1[C@@H]3CCCC3CC[C@@H]12. The summed E-state index contributed by atoms with van der Waals surface area (Å²) in [5, 5.41) is 0. The third-order valence-electron chi connectivity index (χ3n) is 7.68. The van der Waals surface area contributed by atoms with E-state index in [-0.39, 0.29) is 0 Å². The Bertz CT molecular complexity index is 387. The van der Waals surface area contributed by atoms with Gasteiger partial charge in [0, 0.05) is 12.8 Å². The molecule has 0 radical (unpaired) electrons. The van der Waals surface area contributed by atoms with E-state index in [0.717, 1.165) is 42.4 Å². The lowest BCUT2D eigenvalue weighted by molar-refractivity contribution is -0.134. The molecule has 3 unspecified atom stereocenters. The second-order valence-electron chi connectivity index (χ2n) is 8.23. The van der Waals surface area contributed by atoms with Gasteiger partial charge in [-0.15, -0.1) is 0 Å². The number of hydrogen-bond donors (Lipinski definition) is 0. The van der Waals surface area contributed by atoms with Crippen LogP contribution in [-0.4, -0.2) is 5.78 Å². The van der Waals surface area contributed by atoms with Gasteiger partial charge in [-0.3, -0.25) is 4.79 Å². The van der Waals surface area contributed by atoms with Crippen molar-refractivity contribution in [3.05, 3.63) is 0 Å². The van der Waals surface area contributed by atoms with Crippen molar-refractivity contribution in [1.29, 1.82) is 0 Å². The van der Waals surface area contributed by atoms with Crippen LogP contribution in [-0.2, 0) is 4.79 Å². The summed E-state index contributed by atoms with van der Waals surface area (Å²) >= 11 is 0. The van der Waals surface area contributed by atoms with E-state index in [1.165, 1.54) is 51.4 Å². The maximum absolute atomic E-state index is 11.8. The van der Waals surface area contributed by atoms with Crippen molar-refractivity contribution < 1.29 is 4.79 Å². The molecule has 4 saturated carbocycles. The summed E-state index contributed by atoms with van der Waals surface area (Å²) in [6, 6.07) is 0. The largest absolute Gasteiger partial charge is 0.300 e. The van der Waals surface area contributed by atoms with Crippen molar-refractivity contribution in [1.82, 2.24) is 0 Å². The maximum atomic E-state index is 11.8. The van der Waals surface area contributed by atoms with Crippen LogP contribution in [0.4, 0.5) is 0 Å². The van der Waals surface area contributed by atoms with Crippen LogP contribution in [0.3, 0.4) is 0 Å². The zero-order valence-electron chi connectivity index (χ0n) is 14.4. The highest BCUT2D eigenvalue weighted by Crippen LogP contribution is 2.62. The summed E-state index contributed by atoms with van der Waals surface area (Å²) in [7, 11) is 0. The molecule has 0 aromatic rings. The Balaban J connectivity index is 0.000000636. The van der Waals surface area contributed by atoms with Crippen LogP contribution in [0.2, 0.25) is 0 Å². The van der Waals surface area contributed by atoms with Gasteiger partial charge in [-0.05, 0) is 73.5 Å². The van der Waals surface area contributed by atoms with Gasteiger partial charge in [0.2, 0.25) is 0 Å². The van der Waals surface area contributed by atoms with Crippen molar-refractivity contribution in [2.75, 3.05) is 0 Å². The van der Waals surface area contributed by atoms with Gasteiger partial charge in [-0.1, -0.05) is 33.6 Å². The topological polar surface area (TPSA) is 17.1 Å². The number of fused-ring (bicyclic) bond motifs is 5. The second kappa shape index (κ2) is 6.05. The molecule has 4 fully saturated rings. The molecule has 21 heavy (non-hydrogen) atoms. The zero-order valence-corrected chi connectivity index (χ0v) is 14.4. The van der Waals surface area contributed by atoms with Crippen molar-refractivity contribution in [3.8, 4) is 0 Å². The molecule has 6 atom stereocenters. The van der Waals surface area contributed by atoms with Crippen LogP contribution in [0.15, 0.2) is 0 Å². The molecule has 0 aliphatic heterocycles. The predicted molar refractivity (Wildman–Crippen MR) is 88.1 cm³/mol. The first-order valence-corrected chi connectivity index (χ1v) is 9.70. The van der Waals surface area contributed by atoms with Crippen LogP contribution in [0.25, 0.3) is 0 Å². The molecular weight excluding hydrogens is 256 g/mol. The van der Waals surface area contributed by atoms with Crippen LogP contribution < -0.4 is 0 Å². The molecule has 0 aromatic carbocycles. The van der Waals surface area contributed by atoms with E-state index in [0.29, 0.717) is 11.2 Å². The Morgan fingerprint density at radius 3 is 2.57 bits per heavy atom. The van der Waals surface area contributed by atoms with Gasteiger partial charge in [0.25, 0.3) is 0 Å². The summed E-state index contributed by atoms with van der Waals surface area (Å²) < 4.78 is 0. The Labute approximate surface area is 131 Å². The number of carbonyl (C=O) groups is 1. The zero-order chi connectivity index (χ0) is 15.0. The molecule has 0 aromatic heterocycles. The van der Waals surface area contributed by atoms with E-state index in [1.807, 2.05) is 13.8 Å². The highest BCUT2D eigenvalue weighted by molar-refractivity contribution is 5.79. The van der Waals surface area contributed by atoms with Gasteiger partial charge < -0.3 is 0 Å². The first-order valence-electron chi connectivity index (χ1n) is 9.70. The number of rotatable bonds is 0. The summed E-state index contributed by atoms with van der Waals surface area (Å²) in [6.07, 6.45) is 13.3. The Hall–Kier alpha value is -0.330. The molecule has 0 bridgehead atoms. The van der Waals surface area contributed by atoms with E-state index >= 15 is 0 Å².